The van der Waals surface area contributed by atoms with Gasteiger partial charge in [0.1, 0.15) is 0 Å². The molecule has 0 N–H and O–H groups in total. The van der Waals surface area contributed by atoms with E-state index in [0.29, 0.717) is 5.92 Å². The van der Waals surface area contributed by atoms with Crippen molar-refractivity contribution in [1.82, 2.24) is 0 Å². The molecule has 22 heavy (non-hydrogen) atoms. The molecule has 2 aromatic rings. The highest BCUT2D eigenvalue weighted by atomic mass is 14.1. The lowest BCUT2D eigenvalue weighted by atomic mass is 9.98. The molecule has 0 heteroatoms. The summed E-state index contributed by atoms with van der Waals surface area (Å²) >= 11 is 0. The summed E-state index contributed by atoms with van der Waals surface area (Å²) in [6.07, 6.45) is 3.35. The summed E-state index contributed by atoms with van der Waals surface area (Å²) in [4.78, 5) is 0. The van der Waals surface area contributed by atoms with Crippen molar-refractivity contribution >= 4 is 5.57 Å². The molecule has 0 aliphatic carbocycles. The molecular formula is C22H32. The van der Waals surface area contributed by atoms with Gasteiger partial charge < -0.3 is 0 Å². The van der Waals surface area contributed by atoms with Crippen molar-refractivity contribution in [2.45, 2.75) is 53.9 Å². The van der Waals surface area contributed by atoms with Crippen molar-refractivity contribution in [3.05, 3.63) is 76.9 Å². The van der Waals surface area contributed by atoms with E-state index in [9.17, 15) is 0 Å². The van der Waals surface area contributed by atoms with Crippen LogP contribution in [-0.2, 0) is 0 Å². The number of hydrogen-bond acceptors (Lipinski definition) is 0. The molecule has 1 atom stereocenters. The minimum atomic E-state index is 0. The lowest BCUT2D eigenvalue weighted by Crippen LogP contribution is -1.89. The monoisotopic (exact) mass is 296 g/mol. The summed E-state index contributed by atoms with van der Waals surface area (Å²) in [5, 5.41) is 0. The fraction of sp³-hybridized carbons (Fsp3) is 0.364. The summed E-state index contributed by atoms with van der Waals surface area (Å²) in [7, 11) is 0. The molecule has 0 fully saturated rings. The maximum Gasteiger partial charge on any atom is 0 e. The highest BCUT2D eigenvalue weighted by Gasteiger charge is 2.00. The molecule has 0 aliphatic heterocycles. The number of aryl methyl sites for hydroxylation is 2. The van der Waals surface area contributed by atoms with E-state index in [0.717, 1.165) is 0 Å². The number of hydrogen-bond donors (Lipinski definition) is 0. The van der Waals surface area contributed by atoms with Gasteiger partial charge in [-0.1, -0.05) is 79.6 Å². The minimum absolute atomic E-state index is 0. The van der Waals surface area contributed by atoms with Crippen LogP contribution in [0.4, 0.5) is 0 Å². The van der Waals surface area contributed by atoms with Crippen LogP contribution in [0.5, 0.6) is 0 Å². The molecule has 0 aromatic heterocycles. The van der Waals surface area contributed by atoms with Crippen molar-refractivity contribution < 1.29 is 1.43 Å². The zero-order valence-electron chi connectivity index (χ0n) is 15.0. The third-order valence-corrected chi connectivity index (χ3v) is 4.20. The van der Waals surface area contributed by atoms with E-state index in [2.05, 4.69) is 96.1 Å². The van der Waals surface area contributed by atoms with E-state index < -0.39 is 0 Å². The zero-order valence-corrected chi connectivity index (χ0v) is 15.0. The van der Waals surface area contributed by atoms with Crippen molar-refractivity contribution in [3.8, 4) is 0 Å². The standard InChI is InChI=1S/C11H16.C11H14.H2/c2*1-4-10(3)11-7-5-9(2)6-8-11;/h5-8,10H,4H2,1-3H3;4-8H,1-3H3;1H/b;10-4-;. The van der Waals surface area contributed by atoms with Gasteiger partial charge in [0.15, 0.2) is 0 Å². The van der Waals surface area contributed by atoms with Gasteiger partial charge in [0.2, 0.25) is 0 Å². The fourth-order valence-electron chi connectivity index (χ4n) is 2.11. The summed E-state index contributed by atoms with van der Waals surface area (Å²) in [6, 6.07) is 17.4. The summed E-state index contributed by atoms with van der Waals surface area (Å²) in [6.45, 7) is 12.9. The number of allylic oxidation sites excluding steroid dienone is 2. The van der Waals surface area contributed by atoms with Gasteiger partial charge in [-0.05, 0) is 56.7 Å². The van der Waals surface area contributed by atoms with Gasteiger partial charge in [-0.3, -0.25) is 0 Å². The first kappa shape index (κ1) is 18.2. The van der Waals surface area contributed by atoms with Crippen LogP contribution in [0.3, 0.4) is 0 Å². The fourth-order valence-corrected chi connectivity index (χ4v) is 2.11. The van der Waals surface area contributed by atoms with Crippen molar-refractivity contribution in [3.63, 3.8) is 0 Å². The Bertz CT molecular complexity index is 576. The molecule has 0 saturated heterocycles. The largest absolute Gasteiger partial charge is 0.0841 e. The van der Waals surface area contributed by atoms with Crippen LogP contribution in [0.2, 0.25) is 0 Å². The second-order valence-corrected chi connectivity index (χ2v) is 6.06. The Morgan fingerprint density at radius 2 is 1.41 bits per heavy atom. The molecule has 2 rings (SSSR count). The molecule has 1 unspecified atom stereocenters. The first-order valence-electron chi connectivity index (χ1n) is 8.24. The smallest absolute Gasteiger partial charge is 0 e. The SMILES string of the molecule is C/C=C(/C)c1ccc(C)cc1.CCC(C)c1ccc(C)cc1.[HH]. The third kappa shape index (κ3) is 5.89. The van der Waals surface area contributed by atoms with Crippen LogP contribution in [0.25, 0.3) is 5.57 Å². The van der Waals surface area contributed by atoms with Crippen LogP contribution in [0, 0.1) is 13.8 Å². The summed E-state index contributed by atoms with van der Waals surface area (Å²) < 4.78 is 0. The van der Waals surface area contributed by atoms with E-state index in [1.807, 2.05) is 0 Å². The number of rotatable bonds is 3. The lowest BCUT2D eigenvalue weighted by molar-refractivity contribution is 0.733. The lowest BCUT2D eigenvalue weighted by Gasteiger charge is -2.07. The molecule has 0 radical (unpaired) electrons. The predicted molar refractivity (Wildman–Crippen MR) is 103 cm³/mol. The van der Waals surface area contributed by atoms with Crippen molar-refractivity contribution in [2.75, 3.05) is 0 Å². The molecular weight excluding hydrogens is 264 g/mol. The molecule has 0 saturated carbocycles. The maximum absolute atomic E-state index is 2.27. The second kappa shape index (κ2) is 9.25. The van der Waals surface area contributed by atoms with Crippen LogP contribution >= 0.6 is 0 Å². The summed E-state index contributed by atoms with van der Waals surface area (Å²) in [5.74, 6) is 0.704. The molecule has 0 amide bonds. The number of benzene rings is 2. The van der Waals surface area contributed by atoms with E-state index >= 15 is 0 Å². The third-order valence-electron chi connectivity index (χ3n) is 4.20. The van der Waals surface area contributed by atoms with Crippen LogP contribution in [-0.4, -0.2) is 0 Å². The van der Waals surface area contributed by atoms with Crippen molar-refractivity contribution in [2.24, 2.45) is 0 Å². The van der Waals surface area contributed by atoms with Crippen LogP contribution in [0.15, 0.2) is 54.6 Å². The maximum atomic E-state index is 2.27. The van der Waals surface area contributed by atoms with Crippen LogP contribution in [0.1, 0.15) is 63.7 Å². The molecule has 0 nitrogen and oxygen atoms in total. The molecule has 0 heterocycles. The van der Waals surface area contributed by atoms with Gasteiger partial charge in [0.05, 0.1) is 0 Å². The van der Waals surface area contributed by atoms with Gasteiger partial charge >= 0.3 is 0 Å². The molecule has 0 aliphatic rings. The first-order valence-corrected chi connectivity index (χ1v) is 8.24. The Kier molecular flexibility index (Phi) is 7.66. The van der Waals surface area contributed by atoms with E-state index in [4.69, 9.17) is 0 Å². The van der Waals surface area contributed by atoms with Crippen LogP contribution < -0.4 is 0 Å². The van der Waals surface area contributed by atoms with E-state index in [1.54, 1.807) is 0 Å². The van der Waals surface area contributed by atoms with E-state index in [1.165, 1.54) is 34.2 Å². The van der Waals surface area contributed by atoms with E-state index in [-0.39, 0.29) is 1.43 Å². The molecule has 0 spiro atoms. The summed E-state index contributed by atoms with van der Waals surface area (Å²) in [5.41, 5.74) is 6.77. The van der Waals surface area contributed by atoms with Gasteiger partial charge in [0.25, 0.3) is 0 Å². The second-order valence-electron chi connectivity index (χ2n) is 6.06. The molecule has 120 valence electrons. The quantitative estimate of drug-likeness (QED) is 0.563. The highest BCUT2D eigenvalue weighted by Crippen LogP contribution is 2.18. The van der Waals surface area contributed by atoms with Gasteiger partial charge in [-0.15, -0.1) is 0 Å². The Labute approximate surface area is 138 Å². The minimum Gasteiger partial charge on any atom is -0.0841 e. The topological polar surface area (TPSA) is 0 Å². The molecule has 2 aromatic carbocycles. The molecule has 0 bridgehead atoms. The van der Waals surface area contributed by atoms with Gasteiger partial charge in [-0.25, -0.2) is 0 Å². The zero-order chi connectivity index (χ0) is 16.5. The Hall–Kier alpha value is -1.82. The normalized spacial score (nSPS) is 12.4. The Balaban J connectivity index is 0.000000403. The highest BCUT2D eigenvalue weighted by molar-refractivity contribution is 5.63. The predicted octanol–water partition coefficient (Wildman–Crippen LogP) is 7.17. The first-order chi connectivity index (χ1) is 10.5. The van der Waals surface area contributed by atoms with Gasteiger partial charge in [-0.2, -0.15) is 0 Å². The average Bonchev–Trinajstić information content (AvgIpc) is 2.55. The van der Waals surface area contributed by atoms with Gasteiger partial charge in [0, 0.05) is 1.43 Å². The Morgan fingerprint density at radius 1 is 0.955 bits per heavy atom. The van der Waals surface area contributed by atoms with Crippen molar-refractivity contribution in [1.29, 1.82) is 0 Å². The average molecular weight is 296 g/mol. The Morgan fingerprint density at radius 3 is 1.82 bits per heavy atom.